The maximum Gasteiger partial charge on any atom is 0.0705 e. The van der Waals surface area contributed by atoms with Crippen molar-refractivity contribution in [3.8, 4) is 0 Å². The average molecular weight is 356 g/mol. The molecule has 1 heterocycles. The smallest absolute Gasteiger partial charge is 0.0705 e. The molecule has 1 aromatic heterocycles. The minimum absolute atomic E-state index is 0.0450. The zero-order valence-electron chi connectivity index (χ0n) is 17.3. The Hall–Kier alpha value is -1.41. The predicted molar refractivity (Wildman–Crippen MR) is 114 cm³/mol. The molecule has 136 valence electrons. The minimum Gasteiger partial charge on any atom is -0.255 e. The van der Waals surface area contributed by atoms with Crippen LogP contribution in [0.5, 0.6) is 0 Å². The molecule has 25 heavy (non-hydrogen) atoms. The van der Waals surface area contributed by atoms with Gasteiger partial charge in [-0.3, -0.25) is 4.99 Å². The second-order valence-corrected chi connectivity index (χ2v) is 10.9. The molecule has 0 fully saturated rings. The van der Waals surface area contributed by atoms with Crippen LogP contribution < -0.4 is 0 Å². The average Bonchev–Trinajstić information content (AvgIpc) is 2.94. The van der Waals surface area contributed by atoms with Crippen LogP contribution in [0.1, 0.15) is 83.9 Å². The standard InChI is InChI=1S/C23H33NS/c1-21(2,3)16-13-18(22(4,5)6)20(19(14-16)23(7,8)9)24-15-17-11-10-12-25-17/h10-15H,1-9H3. The Labute approximate surface area is 158 Å². The van der Waals surface area contributed by atoms with Crippen LogP contribution in [-0.2, 0) is 16.2 Å². The monoisotopic (exact) mass is 355 g/mol. The van der Waals surface area contributed by atoms with Crippen molar-refractivity contribution in [1.82, 2.24) is 0 Å². The Morgan fingerprint density at radius 1 is 0.800 bits per heavy atom. The van der Waals surface area contributed by atoms with E-state index in [0.29, 0.717) is 0 Å². The molecule has 2 heteroatoms. The summed E-state index contributed by atoms with van der Waals surface area (Å²) in [5.74, 6) is 0. The van der Waals surface area contributed by atoms with Crippen molar-refractivity contribution in [1.29, 1.82) is 0 Å². The zero-order chi connectivity index (χ0) is 19.0. The molecule has 0 saturated heterocycles. The number of thiophene rings is 1. The third-order valence-electron chi connectivity index (χ3n) is 4.46. The number of aliphatic imine (C=N–C) groups is 1. The molecule has 2 rings (SSSR count). The lowest BCUT2D eigenvalue weighted by atomic mass is 9.74. The molecule has 0 amide bonds. The number of hydrogen-bond donors (Lipinski definition) is 0. The normalized spacial score (nSPS) is 13.6. The van der Waals surface area contributed by atoms with Gasteiger partial charge in [0.1, 0.15) is 0 Å². The number of nitrogens with zero attached hydrogens (tertiary/aromatic N) is 1. The molecule has 0 saturated carbocycles. The molecule has 1 aromatic carbocycles. The van der Waals surface area contributed by atoms with Gasteiger partial charge in [0.25, 0.3) is 0 Å². The second kappa shape index (κ2) is 6.72. The summed E-state index contributed by atoms with van der Waals surface area (Å²) in [5.41, 5.74) is 5.40. The van der Waals surface area contributed by atoms with Gasteiger partial charge in [-0.2, -0.15) is 0 Å². The maximum atomic E-state index is 4.99. The largest absolute Gasteiger partial charge is 0.255 e. The van der Waals surface area contributed by atoms with Crippen LogP contribution in [0.3, 0.4) is 0 Å². The molecule has 0 radical (unpaired) electrons. The van der Waals surface area contributed by atoms with Gasteiger partial charge in [-0.1, -0.05) is 80.5 Å². The van der Waals surface area contributed by atoms with Crippen molar-refractivity contribution in [3.63, 3.8) is 0 Å². The molecular weight excluding hydrogens is 322 g/mol. The van der Waals surface area contributed by atoms with Gasteiger partial charge in [0.05, 0.1) is 5.69 Å². The summed E-state index contributed by atoms with van der Waals surface area (Å²) in [4.78, 5) is 6.18. The molecule has 0 atom stereocenters. The van der Waals surface area contributed by atoms with Crippen LogP contribution in [-0.4, -0.2) is 6.21 Å². The van der Waals surface area contributed by atoms with Crippen LogP contribution in [0.2, 0.25) is 0 Å². The highest BCUT2D eigenvalue weighted by atomic mass is 32.1. The molecule has 0 bridgehead atoms. The summed E-state index contributed by atoms with van der Waals surface area (Å²) in [6.45, 7) is 20.6. The van der Waals surface area contributed by atoms with Crippen LogP contribution in [0.4, 0.5) is 5.69 Å². The summed E-state index contributed by atoms with van der Waals surface area (Å²) in [6, 6.07) is 8.93. The zero-order valence-corrected chi connectivity index (χ0v) is 18.1. The maximum absolute atomic E-state index is 4.99. The van der Waals surface area contributed by atoms with E-state index in [1.54, 1.807) is 11.3 Å². The van der Waals surface area contributed by atoms with E-state index >= 15 is 0 Å². The Balaban J connectivity index is 2.77. The Kier molecular flexibility index (Phi) is 5.35. The number of rotatable bonds is 2. The first-order valence-electron chi connectivity index (χ1n) is 9.07. The summed E-state index contributed by atoms with van der Waals surface area (Å²) in [7, 11) is 0. The van der Waals surface area contributed by atoms with Crippen molar-refractivity contribution in [2.45, 2.75) is 78.6 Å². The first-order chi connectivity index (χ1) is 11.3. The van der Waals surface area contributed by atoms with Crippen molar-refractivity contribution in [2.75, 3.05) is 0 Å². The molecule has 0 N–H and O–H groups in total. The van der Waals surface area contributed by atoms with Gasteiger partial charge in [0.15, 0.2) is 0 Å². The Morgan fingerprint density at radius 2 is 1.32 bits per heavy atom. The highest BCUT2D eigenvalue weighted by molar-refractivity contribution is 7.11. The van der Waals surface area contributed by atoms with Gasteiger partial charge in [0.2, 0.25) is 0 Å². The third-order valence-corrected chi connectivity index (χ3v) is 5.26. The van der Waals surface area contributed by atoms with E-state index in [1.165, 1.54) is 21.6 Å². The molecule has 0 aliphatic carbocycles. The molecule has 2 aromatic rings. The molecule has 0 aliphatic heterocycles. The van der Waals surface area contributed by atoms with Crippen LogP contribution >= 0.6 is 11.3 Å². The van der Waals surface area contributed by atoms with E-state index in [1.807, 2.05) is 6.21 Å². The first kappa shape index (κ1) is 19.9. The molecule has 1 nitrogen and oxygen atoms in total. The molecule has 0 unspecified atom stereocenters. The van der Waals surface area contributed by atoms with Gasteiger partial charge >= 0.3 is 0 Å². The minimum atomic E-state index is 0.0450. The molecule has 0 aliphatic rings. The van der Waals surface area contributed by atoms with Crippen molar-refractivity contribution in [3.05, 3.63) is 51.2 Å². The molecular formula is C23H33NS. The Bertz CT molecular complexity index is 710. The van der Waals surface area contributed by atoms with Crippen LogP contribution in [0.15, 0.2) is 34.6 Å². The fourth-order valence-electron chi connectivity index (χ4n) is 2.84. The fraction of sp³-hybridized carbons (Fsp3) is 0.522. The Morgan fingerprint density at radius 3 is 1.68 bits per heavy atom. The van der Waals surface area contributed by atoms with E-state index in [4.69, 9.17) is 4.99 Å². The van der Waals surface area contributed by atoms with Gasteiger partial charge in [0, 0.05) is 11.1 Å². The van der Waals surface area contributed by atoms with E-state index in [9.17, 15) is 0 Å². The first-order valence-corrected chi connectivity index (χ1v) is 9.95. The fourth-order valence-corrected chi connectivity index (χ4v) is 3.43. The second-order valence-electron chi connectivity index (χ2n) is 9.94. The van der Waals surface area contributed by atoms with Gasteiger partial charge < -0.3 is 0 Å². The van der Waals surface area contributed by atoms with Crippen molar-refractivity contribution in [2.24, 2.45) is 4.99 Å². The quantitative estimate of drug-likeness (QED) is 0.498. The van der Waals surface area contributed by atoms with Gasteiger partial charge in [-0.15, -0.1) is 11.3 Å². The summed E-state index contributed by atoms with van der Waals surface area (Å²) >= 11 is 1.73. The van der Waals surface area contributed by atoms with E-state index in [0.717, 1.165) is 5.69 Å². The lowest BCUT2D eigenvalue weighted by molar-refractivity contribution is 0.550. The van der Waals surface area contributed by atoms with E-state index < -0.39 is 0 Å². The van der Waals surface area contributed by atoms with Gasteiger partial charge in [-0.25, -0.2) is 0 Å². The summed E-state index contributed by atoms with van der Waals surface area (Å²) in [5, 5.41) is 2.10. The molecule has 0 spiro atoms. The lowest BCUT2D eigenvalue weighted by Gasteiger charge is -2.32. The highest BCUT2D eigenvalue weighted by Gasteiger charge is 2.28. The van der Waals surface area contributed by atoms with Gasteiger partial charge in [-0.05, 0) is 44.4 Å². The SMILES string of the molecule is CC(C)(C)c1cc(C(C)(C)C)c(N=Cc2cccs2)c(C(C)(C)C)c1. The van der Waals surface area contributed by atoms with Crippen LogP contribution in [0, 0.1) is 0 Å². The third kappa shape index (κ3) is 4.82. The number of benzene rings is 1. The highest BCUT2D eigenvalue weighted by Crippen LogP contribution is 2.42. The van der Waals surface area contributed by atoms with Crippen molar-refractivity contribution >= 4 is 23.2 Å². The van der Waals surface area contributed by atoms with E-state index in [2.05, 4.69) is 92.0 Å². The lowest BCUT2D eigenvalue weighted by Crippen LogP contribution is -2.21. The van der Waals surface area contributed by atoms with E-state index in [-0.39, 0.29) is 16.2 Å². The number of hydrogen-bond acceptors (Lipinski definition) is 2. The summed E-state index contributed by atoms with van der Waals surface area (Å²) in [6.07, 6.45) is 2.02. The summed E-state index contributed by atoms with van der Waals surface area (Å²) < 4.78 is 0. The van der Waals surface area contributed by atoms with Crippen LogP contribution in [0.25, 0.3) is 0 Å². The predicted octanol–water partition coefficient (Wildman–Crippen LogP) is 7.39. The topological polar surface area (TPSA) is 12.4 Å². The van der Waals surface area contributed by atoms with Crippen molar-refractivity contribution < 1.29 is 0 Å².